The molecular formula is C9H14N4. The van der Waals surface area contributed by atoms with Crippen molar-refractivity contribution in [3.8, 4) is 6.07 Å². The Kier molecular flexibility index (Phi) is 2.37. The van der Waals surface area contributed by atoms with Gasteiger partial charge in [-0.25, -0.2) is 0 Å². The van der Waals surface area contributed by atoms with Crippen molar-refractivity contribution in [3.63, 3.8) is 0 Å². The zero-order valence-corrected chi connectivity index (χ0v) is 8.50. The van der Waals surface area contributed by atoms with Crippen molar-refractivity contribution >= 4 is 0 Å². The molecule has 0 amide bonds. The topological polar surface area (TPSA) is 54.5 Å². The normalized spacial score (nSPS) is 11.3. The molecule has 0 radical (unpaired) electrons. The van der Waals surface area contributed by atoms with Crippen LogP contribution in [-0.2, 0) is 13.5 Å². The third-order valence-corrected chi connectivity index (χ3v) is 1.75. The van der Waals surface area contributed by atoms with E-state index in [2.05, 4.69) is 31.1 Å². The second-order valence-electron chi connectivity index (χ2n) is 4.36. The highest BCUT2D eigenvalue weighted by Crippen LogP contribution is 2.21. The number of hydrogen-bond donors (Lipinski definition) is 0. The molecule has 0 aliphatic rings. The minimum absolute atomic E-state index is 0.154. The van der Waals surface area contributed by atoms with Crippen LogP contribution in [0.15, 0.2) is 0 Å². The second kappa shape index (κ2) is 3.17. The van der Waals surface area contributed by atoms with Crippen molar-refractivity contribution in [2.45, 2.75) is 27.2 Å². The Morgan fingerprint density at radius 1 is 1.46 bits per heavy atom. The molecular weight excluding hydrogens is 164 g/mol. The van der Waals surface area contributed by atoms with Crippen LogP contribution in [0.4, 0.5) is 0 Å². The molecule has 0 unspecified atom stereocenters. The van der Waals surface area contributed by atoms with Crippen molar-refractivity contribution < 1.29 is 0 Å². The average molecular weight is 178 g/mol. The highest BCUT2D eigenvalue weighted by molar-refractivity contribution is 5.25. The Morgan fingerprint density at radius 2 is 2.08 bits per heavy atom. The number of rotatable bonds is 1. The van der Waals surface area contributed by atoms with Crippen molar-refractivity contribution in [1.82, 2.24) is 15.0 Å². The summed E-state index contributed by atoms with van der Waals surface area (Å²) in [5.74, 6) is 0. The Bertz CT molecular complexity index is 337. The van der Waals surface area contributed by atoms with E-state index in [0.717, 1.165) is 12.1 Å². The van der Waals surface area contributed by atoms with Crippen LogP contribution < -0.4 is 0 Å². The number of nitriles is 1. The molecule has 0 fully saturated rings. The maximum atomic E-state index is 8.76. The maximum absolute atomic E-state index is 8.76. The van der Waals surface area contributed by atoms with E-state index in [1.54, 1.807) is 4.68 Å². The van der Waals surface area contributed by atoms with Gasteiger partial charge in [0, 0.05) is 7.05 Å². The summed E-state index contributed by atoms with van der Waals surface area (Å²) >= 11 is 0. The van der Waals surface area contributed by atoms with Gasteiger partial charge in [-0.2, -0.15) is 5.26 Å². The van der Waals surface area contributed by atoms with E-state index in [4.69, 9.17) is 5.26 Å². The summed E-state index contributed by atoms with van der Waals surface area (Å²) in [6.45, 7) is 6.38. The fourth-order valence-corrected chi connectivity index (χ4v) is 1.16. The minimum Gasteiger partial charge on any atom is -0.251 e. The van der Waals surface area contributed by atoms with Crippen molar-refractivity contribution in [2.24, 2.45) is 12.5 Å². The van der Waals surface area contributed by atoms with Gasteiger partial charge in [-0.1, -0.05) is 26.0 Å². The molecule has 0 aliphatic heterocycles. The molecule has 1 aromatic heterocycles. The van der Waals surface area contributed by atoms with Gasteiger partial charge in [-0.05, 0) is 11.8 Å². The highest BCUT2D eigenvalue weighted by Gasteiger charge is 2.18. The lowest BCUT2D eigenvalue weighted by Gasteiger charge is -2.17. The van der Waals surface area contributed by atoms with Gasteiger partial charge in [0.15, 0.2) is 5.69 Å². The van der Waals surface area contributed by atoms with Crippen LogP contribution in [0.5, 0.6) is 0 Å². The Morgan fingerprint density at radius 3 is 2.54 bits per heavy atom. The summed E-state index contributed by atoms with van der Waals surface area (Å²) in [4.78, 5) is 0. The molecule has 0 atom stereocenters. The molecule has 0 spiro atoms. The third-order valence-electron chi connectivity index (χ3n) is 1.75. The molecule has 4 nitrogen and oxygen atoms in total. The number of hydrogen-bond acceptors (Lipinski definition) is 3. The molecule has 1 heterocycles. The van der Waals surface area contributed by atoms with Gasteiger partial charge in [0.1, 0.15) is 6.07 Å². The largest absolute Gasteiger partial charge is 0.251 e. The molecule has 1 rings (SSSR count). The molecule has 0 N–H and O–H groups in total. The van der Waals surface area contributed by atoms with E-state index < -0.39 is 0 Å². The van der Waals surface area contributed by atoms with Crippen molar-refractivity contribution in [1.29, 1.82) is 5.26 Å². The van der Waals surface area contributed by atoms with Crippen LogP contribution >= 0.6 is 0 Å². The first-order chi connectivity index (χ1) is 5.94. The molecule has 0 saturated heterocycles. The quantitative estimate of drug-likeness (QED) is 0.650. The van der Waals surface area contributed by atoms with Crippen molar-refractivity contribution in [3.05, 3.63) is 11.4 Å². The highest BCUT2D eigenvalue weighted by atomic mass is 15.4. The summed E-state index contributed by atoms with van der Waals surface area (Å²) in [6, 6.07) is 2.04. The summed E-state index contributed by atoms with van der Waals surface area (Å²) in [5, 5.41) is 16.3. The zero-order valence-electron chi connectivity index (χ0n) is 8.50. The van der Waals surface area contributed by atoms with E-state index >= 15 is 0 Å². The predicted octanol–water partition coefficient (Wildman–Crippen LogP) is 1.28. The Hall–Kier alpha value is -1.37. The van der Waals surface area contributed by atoms with Gasteiger partial charge < -0.3 is 0 Å². The molecule has 0 bridgehead atoms. The molecule has 0 aliphatic carbocycles. The number of aryl methyl sites for hydroxylation is 1. The first kappa shape index (κ1) is 9.72. The molecule has 70 valence electrons. The van der Waals surface area contributed by atoms with E-state index in [9.17, 15) is 0 Å². The van der Waals surface area contributed by atoms with E-state index in [1.165, 1.54) is 0 Å². The molecule has 13 heavy (non-hydrogen) atoms. The Balaban J connectivity index is 3.00. The summed E-state index contributed by atoms with van der Waals surface area (Å²) in [7, 11) is 1.81. The predicted molar refractivity (Wildman–Crippen MR) is 48.9 cm³/mol. The van der Waals surface area contributed by atoms with Crippen LogP contribution in [0.2, 0.25) is 0 Å². The SMILES string of the molecule is Cn1nnc(C#N)c1CC(C)(C)C. The van der Waals surface area contributed by atoms with Crippen LogP contribution in [-0.4, -0.2) is 15.0 Å². The number of aromatic nitrogens is 3. The summed E-state index contributed by atoms with van der Waals surface area (Å²) < 4.78 is 1.67. The smallest absolute Gasteiger partial charge is 0.185 e. The van der Waals surface area contributed by atoms with E-state index in [1.807, 2.05) is 13.1 Å². The zero-order chi connectivity index (χ0) is 10.1. The second-order valence-corrected chi connectivity index (χ2v) is 4.36. The van der Waals surface area contributed by atoms with Gasteiger partial charge >= 0.3 is 0 Å². The van der Waals surface area contributed by atoms with E-state index in [-0.39, 0.29) is 5.41 Å². The molecule has 0 aromatic carbocycles. The Labute approximate surface area is 78.2 Å². The standard InChI is InChI=1S/C9H14N4/c1-9(2,3)5-8-7(6-10)11-12-13(8)4/h5H2,1-4H3. The monoisotopic (exact) mass is 178 g/mol. The average Bonchev–Trinajstić information content (AvgIpc) is 2.30. The van der Waals surface area contributed by atoms with Gasteiger partial charge in [0.25, 0.3) is 0 Å². The van der Waals surface area contributed by atoms with E-state index in [0.29, 0.717) is 5.69 Å². The van der Waals surface area contributed by atoms with Crippen LogP contribution in [0.1, 0.15) is 32.2 Å². The molecule has 0 saturated carbocycles. The van der Waals surface area contributed by atoms with Crippen LogP contribution in [0.25, 0.3) is 0 Å². The lowest BCUT2D eigenvalue weighted by Crippen LogP contribution is -2.13. The molecule has 4 heteroatoms. The lowest BCUT2D eigenvalue weighted by atomic mass is 9.90. The fraction of sp³-hybridized carbons (Fsp3) is 0.667. The molecule has 1 aromatic rings. The first-order valence-electron chi connectivity index (χ1n) is 4.23. The summed E-state index contributed by atoms with van der Waals surface area (Å²) in [5.41, 5.74) is 1.51. The van der Waals surface area contributed by atoms with Crippen LogP contribution in [0, 0.1) is 16.7 Å². The number of nitrogens with zero attached hydrogens (tertiary/aromatic N) is 4. The van der Waals surface area contributed by atoms with Gasteiger partial charge in [0.05, 0.1) is 5.69 Å². The maximum Gasteiger partial charge on any atom is 0.185 e. The van der Waals surface area contributed by atoms with Gasteiger partial charge in [-0.15, -0.1) is 5.10 Å². The fourth-order valence-electron chi connectivity index (χ4n) is 1.16. The van der Waals surface area contributed by atoms with Gasteiger partial charge in [0.2, 0.25) is 0 Å². The van der Waals surface area contributed by atoms with Gasteiger partial charge in [-0.3, -0.25) is 4.68 Å². The first-order valence-corrected chi connectivity index (χ1v) is 4.23. The third kappa shape index (κ3) is 2.28. The summed E-state index contributed by atoms with van der Waals surface area (Å²) in [6.07, 6.45) is 0.819. The van der Waals surface area contributed by atoms with Crippen molar-refractivity contribution in [2.75, 3.05) is 0 Å². The van der Waals surface area contributed by atoms with Crippen LogP contribution in [0.3, 0.4) is 0 Å². The lowest BCUT2D eigenvalue weighted by molar-refractivity contribution is 0.397. The minimum atomic E-state index is 0.154.